The molecule has 192 valence electrons. The number of Topliss-reactive ketones (excluding diaryl/α,β-unsaturated/α-hetero) is 1. The van der Waals surface area contributed by atoms with E-state index in [1.165, 1.54) is 23.1 Å². The van der Waals surface area contributed by atoms with Crippen LogP contribution in [0.1, 0.15) is 36.3 Å². The van der Waals surface area contributed by atoms with E-state index >= 15 is 0 Å². The van der Waals surface area contributed by atoms with Crippen molar-refractivity contribution in [2.75, 3.05) is 16.0 Å². The van der Waals surface area contributed by atoms with Gasteiger partial charge in [-0.15, -0.1) is 10.2 Å². The van der Waals surface area contributed by atoms with E-state index in [1.54, 1.807) is 23.1 Å². The molecule has 1 unspecified atom stereocenters. The molecular formula is C27H23ClN6O2S2. The average Bonchev–Trinajstić information content (AvgIpc) is 3.37. The smallest absolute Gasteiger partial charge is 0.234 e. The lowest BCUT2D eigenvalue weighted by Gasteiger charge is -2.38. The van der Waals surface area contributed by atoms with Crippen LogP contribution >= 0.6 is 34.7 Å². The van der Waals surface area contributed by atoms with Gasteiger partial charge in [0.15, 0.2) is 10.1 Å². The number of benzene rings is 2. The zero-order valence-corrected chi connectivity index (χ0v) is 22.8. The van der Waals surface area contributed by atoms with Crippen LogP contribution in [0.15, 0.2) is 75.5 Å². The molecule has 1 atom stereocenters. The normalized spacial score (nSPS) is 17.3. The number of aryl methyl sites for hydroxylation is 1. The van der Waals surface area contributed by atoms with E-state index in [0.29, 0.717) is 39.3 Å². The maximum atomic E-state index is 13.2. The molecule has 38 heavy (non-hydrogen) atoms. The van der Waals surface area contributed by atoms with Gasteiger partial charge in [0.2, 0.25) is 11.0 Å². The minimum absolute atomic E-state index is 0.0199. The highest BCUT2D eigenvalue weighted by molar-refractivity contribution is 8.01. The molecule has 1 aliphatic carbocycles. The first-order valence-corrected chi connectivity index (χ1v) is 14.1. The van der Waals surface area contributed by atoms with Crippen LogP contribution in [0.2, 0.25) is 5.02 Å². The number of thioether (sulfide) groups is 1. The number of rotatable bonds is 6. The molecule has 0 saturated heterocycles. The fourth-order valence-electron chi connectivity index (χ4n) is 4.70. The Kier molecular flexibility index (Phi) is 7.51. The van der Waals surface area contributed by atoms with E-state index in [4.69, 9.17) is 17.3 Å². The van der Waals surface area contributed by atoms with Crippen molar-refractivity contribution in [3.63, 3.8) is 0 Å². The number of para-hydroxylation sites is 1. The number of ketones is 1. The molecule has 0 fully saturated rings. The van der Waals surface area contributed by atoms with Gasteiger partial charge in [-0.1, -0.05) is 65.0 Å². The summed E-state index contributed by atoms with van der Waals surface area (Å²) in [6.07, 6.45) is 1.68. The second-order valence-electron chi connectivity index (χ2n) is 8.87. The van der Waals surface area contributed by atoms with Gasteiger partial charge in [0, 0.05) is 28.4 Å². The van der Waals surface area contributed by atoms with Crippen molar-refractivity contribution in [2.45, 2.75) is 36.4 Å². The van der Waals surface area contributed by atoms with E-state index < -0.39 is 5.92 Å². The van der Waals surface area contributed by atoms with E-state index in [9.17, 15) is 14.9 Å². The van der Waals surface area contributed by atoms with Crippen LogP contribution in [0.4, 0.5) is 10.8 Å². The Bertz CT molecular complexity index is 1540. The summed E-state index contributed by atoms with van der Waals surface area (Å²) >= 11 is 8.77. The fourth-order valence-corrected chi connectivity index (χ4v) is 6.58. The summed E-state index contributed by atoms with van der Waals surface area (Å²) in [5.41, 5.74) is 10.6. The van der Waals surface area contributed by atoms with Crippen LogP contribution in [-0.2, 0) is 9.59 Å². The molecule has 5 rings (SSSR count). The molecule has 3 N–H and O–H groups in total. The van der Waals surface area contributed by atoms with Gasteiger partial charge in [0.05, 0.1) is 23.3 Å². The van der Waals surface area contributed by atoms with Gasteiger partial charge in [-0.25, -0.2) is 0 Å². The van der Waals surface area contributed by atoms with Gasteiger partial charge in [0.1, 0.15) is 5.82 Å². The summed E-state index contributed by atoms with van der Waals surface area (Å²) in [6.45, 7) is 1.93. The van der Waals surface area contributed by atoms with Crippen LogP contribution in [-0.4, -0.2) is 27.6 Å². The first-order chi connectivity index (χ1) is 18.4. The fraction of sp³-hybridized carbons (Fsp3) is 0.222. The number of aromatic nitrogens is 2. The molecule has 2 aromatic carbocycles. The molecule has 1 aliphatic heterocycles. The van der Waals surface area contributed by atoms with Gasteiger partial charge in [-0.3, -0.25) is 14.5 Å². The van der Waals surface area contributed by atoms with Crippen molar-refractivity contribution in [3.05, 3.63) is 87.3 Å². The second-order valence-corrected chi connectivity index (χ2v) is 11.5. The predicted molar refractivity (Wildman–Crippen MR) is 150 cm³/mol. The third-order valence-corrected chi connectivity index (χ3v) is 8.71. The second kappa shape index (κ2) is 11.0. The van der Waals surface area contributed by atoms with Gasteiger partial charge in [-0.05, 0) is 49.1 Å². The molecule has 2 heterocycles. The highest BCUT2D eigenvalue weighted by Crippen LogP contribution is 2.47. The molecule has 0 spiro atoms. The number of nitriles is 1. The Morgan fingerprint density at radius 3 is 2.84 bits per heavy atom. The lowest BCUT2D eigenvalue weighted by molar-refractivity contribution is -0.116. The minimum atomic E-state index is -0.593. The Morgan fingerprint density at radius 1 is 1.26 bits per heavy atom. The van der Waals surface area contributed by atoms with E-state index in [1.807, 2.05) is 37.3 Å². The zero-order valence-electron chi connectivity index (χ0n) is 20.4. The standard InChI is InChI=1S/C27H23ClN6O2S2/c1-15-6-2-3-9-19(15)31-22(36)14-37-27-33-32-26(38-27)34-20-10-5-11-21(35)24(20)23(18(13-29)25(34)30)16-7-4-8-17(28)12-16/h2-4,6-9,12,23H,5,10-11,14,30H2,1H3,(H,31,36). The summed E-state index contributed by atoms with van der Waals surface area (Å²) in [7, 11) is 0. The molecule has 3 aromatic rings. The van der Waals surface area contributed by atoms with E-state index in [-0.39, 0.29) is 28.8 Å². The number of nitrogens with zero attached hydrogens (tertiary/aromatic N) is 4. The number of carbonyl (C=O) groups is 2. The maximum absolute atomic E-state index is 13.2. The quantitative estimate of drug-likeness (QED) is 0.375. The van der Waals surface area contributed by atoms with Gasteiger partial charge >= 0.3 is 0 Å². The number of amides is 1. The monoisotopic (exact) mass is 562 g/mol. The van der Waals surface area contributed by atoms with Crippen molar-refractivity contribution in [2.24, 2.45) is 5.73 Å². The number of carbonyl (C=O) groups excluding carboxylic acids is 2. The minimum Gasteiger partial charge on any atom is -0.384 e. The topological polar surface area (TPSA) is 125 Å². The molecule has 11 heteroatoms. The zero-order chi connectivity index (χ0) is 26.8. The Hall–Kier alpha value is -3.65. The number of hydrogen-bond donors (Lipinski definition) is 2. The summed E-state index contributed by atoms with van der Waals surface area (Å²) in [6, 6.07) is 17.0. The molecule has 1 aromatic heterocycles. The van der Waals surface area contributed by atoms with Crippen LogP contribution < -0.4 is 16.0 Å². The molecule has 2 aliphatic rings. The number of nitrogens with one attached hydrogen (secondary N) is 1. The maximum Gasteiger partial charge on any atom is 0.234 e. The number of nitrogens with two attached hydrogens (primary N) is 1. The number of hydrogen-bond acceptors (Lipinski definition) is 9. The highest BCUT2D eigenvalue weighted by Gasteiger charge is 2.41. The summed E-state index contributed by atoms with van der Waals surface area (Å²) < 4.78 is 0.576. The number of halogens is 1. The van der Waals surface area contributed by atoms with Crippen LogP contribution in [0.3, 0.4) is 0 Å². The molecule has 0 bridgehead atoms. The molecule has 1 amide bonds. The lowest BCUT2D eigenvalue weighted by Crippen LogP contribution is -2.38. The summed E-state index contributed by atoms with van der Waals surface area (Å²) in [5, 5.41) is 22.6. The Balaban J connectivity index is 1.43. The van der Waals surface area contributed by atoms with Crippen LogP contribution in [0.25, 0.3) is 0 Å². The van der Waals surface area contributed by atoms with Gasteiger partial charge in [-0.2, -0.15) is 5.26 Å². The predicted octanol–water partition coefficient (Wildman–Crippen LogP) is 5.54. The van der Waals surface area contributed by atoms with Crippen molar-refractivity contribution >= 4 is 57.2 Å². The average molecular weight is 563 g/mol. The highest BCUT2D eigenvalue weighted by atomic mass is 35.5. The molecule has 0 radical (unpaired) electrons. The first kappa shape index (κ1) is 26.0. The SMILES string of the molecule is Cc1ccccc1NC(=O)CSc1nnc(N2C(N)=C(C#N)C(c3cccc(Cl)c3)C3=C2CCCC3=O)s1. The van der Waals surface area contributed by atoms with E-state index in [2.05, 4.69) is 21.6 Å². The third-order valence-electron chi connectivity index (χ3n) is 6.43. The summed E-state index contributed by atoms with van der Waals surface area (Å²) in [5.74, 6) is -0.396. The molecule has 8 nitrogen and oxygen atoms in total. The van der Waals surface area contributed by atoms with Gasteiger partial charge < -0.3 is 11.1 Å². The van der Waals surface area contributed by atoms with Gasteiger partial charge in [0.25, 0.3) is 0 Å². The van der Waals surface area contributed by atoms with Crippen molar-refractivity contribution in [1.29, 1.82) is 5.26 Å². The third kappa shape index (κ3) is 5.05. The summed E-state index contributed by atoms with van der Waals surface area (Å²) in [4.78, 5) is 27.4. The Morgan fingerprint density at radius 2 is 2.08 bits per heavy atom. The number of allylic oxidation sites excluding steroid dienone is 3. The first-order valence-electron chi connectivity index (χ1n) is 11.9. The molecular weight excluding hydrogens is 540 g/mol. The largest absolute Gasteiger partial charge is 0.384 e. The Labute approximate surface area is 233 Å². The van der Waals surface area contributed by atoms with Crippen LogP contribution in [0, 0.1) is 18.3 Å². The molecule has 0 saturated carbocycles. The number of anilines is 2. The lowest BCUT2D eigenvalue weighted by atomic mass is 9.76. The van der Waals surface area contributed by atoms with Crippen molar-refractivity contribution in [3.8, 4) is 6.07 Å². The van der Waals surface area contributed by atoms with Crippen molar-refractivity contribution in [1.82, 2.24) is 10.2 Å². The van der Waals surface area contributed by atoms with E-state index in [0.717, 1.165) is 22.5 Å². The van der Waals surface area contributed by atoms with Crippen molar-refractivity contribution < 1.29 is 9.59 Å². The van der Waals surface area contributed by atoms with Crippen LogP contribution in [0.5, 0.6) is 0 Å².